The zero-order valence-electron chi connectivity index (χ0n) is 8.95. The van der Waals surface area contributed by atoms with Crippen molar-refractivity contribution in [3.63, 3.8) is 0 Å². The Bertz CT molecular complexity index is 604. The lowest BCUT2D eigenvalue weighted by molar-refractivity contribution is 0.102. The van der Waals surface area contributed by atoms with Crippen molar-refractivity contribution in [2.75, 3.05) is 5.32 Å². The first-order valence-electron chi connectivity index (χ1n) is 4.96. The zero-order valence-corrected chi connectivity index (χ0v) is 10.5. The van der Waals surface area contributed by atoms with Gasteiger partial charge in [0.25, 0.3) is 5.91 Å². The summed E-state index contributed by atoms with van der Waals surface area (Å²) in [6.07, 6.45) is 0. The Morgan fingerprint density at radius 2 is 1.89 bits per heavy atom. The fraction of sp³-hybridized carbons (Fsp3) is 0. The maximum absolute atomic E-state index is 13.2. The number of halogens is 3. The number of rotatable bonds is 2. The van der Waals surface area contributed by atoms with Crippen LogP contribution < -0.4 is 5.32 Å². The highest BCUT2D eigenvalue weighted by molar-refractivity contribution is 9.10. The van der Waals surface area contributed by atoms with Gasteiger partial charge in [-0.2, -0.15) is 13.8 Å². The van der Waals surface area contributed by atoms with E-state index in [0.29, 0.717) is 10.0 Å². The molecule has 0 aliphatic heterocycles. The molecule has 0 unspecified atom stereocenters. The van der Waals surface area contributed by atoms with Crippen molar-refractivity contribution >= 4 is 27.5 Å². The van der Waals surface area contributed by atoms with Gasteiger partial charge in [0.15, 0.2) is 0 Å². The number of hydrogen-bond acceptors (Lipinski definition) is 2. The molecule has 2 rings (SSSR count). The average molecular weight is 313 g/mol. The maximum atomic E-state index is 13.2. The second-order valence-electron chi connectivity index (χ2n) is 3.41. The van der Waals surface area contributed by atoms with Crippen molar-refractivity contribution in [3.8, 4) is 0 Å². The van der Waals surface area contributed by atoms with Crippen molar-refractivity contribution in [2.45, 2.75) is 0 Å². The molecule has 92 valence electrons. The van der Waals surface area contributed by atoms with Crippen LogP contribution in [0.1, 0.15) is 10.4 Å². The average Bonchev–Trinajstić information content (AvgIpc) is 2.33. The Balaban J connectivity index is 2.24. The predicted octanol–water partition coefficient (Wildman–Crippen LogP) is 3.37. The van der Waals surface area contributed by atoms with E-state index < -0.39 is 17.8 Å². The highest BCUT2D eigenvalue weighted by Crippen LogP contribution is 2.18. The molecule has 1 N–H and O–H groups in total. The molecule has 3 nitrogen and oxygen atoms in total. The van der Waals surface area contributed by atoms with Crippen LogP contribution in [0.25, 0.3) is 0 Å². The molecule has 6 heteroatoms. The van der Waals surface area contributed by atoms with Gasteiger partial charge in [-0.1, -0.05) is 12.1 Å². The third kappa shape index (κ3) is 2.70. The van der Waals surface area contributed by atoms with E-state index in [9.17, 15) is 13.6 Å². The number of aromatic nitrogens is 1. The summed E-state index contributed by atoms with van der Waals surface area (Å²) in [5, 5.41) is 2.32. The number of pyridine rings is 1. The monoisotopic (exact) mass is 312 g/mol. The van der Waals surface area contributed by atoms with Gasteiger partial charge in [-0.3, -0.25) is 4.79 Å². The molecule has 0 saturated carbocycles. The van der Waals surface area contributed by atoms with Crippen LogP contribution in [-0.2, 0) is 0 Å². The van der Waals surface area contributed by atoms with Crippen LogP contribution in [0.15, 0.2) is 40.9 Å². The molecule has 0 spiro atoms. The van der Waals surface area contributed by atoms with Gasteiger partial charge in [-0.15, -0.1) is 0 Å². The number of carbonyl (C=O) groups excluding carboxylic acids is 1. The SMILES string of the molecule is O=C(Nc1ccc(F)nc1F)c1ccccc1Br. The van der Waals surface area contributed by atoms with Gasteiger partial charge in [0.1, 0.15) is 0 Å². The van der Waals surface area contributed by atoms with Crippen molar-refractivity contribution in [3.05, 3.63) is 58.3 Å². The number of nitrogens with zero attached hydrogens (tertiary/aromatic N) is 1. The number of anilines is 1. The third-order valence-corrected chi connectivity index (χ3v) is 2.87. The van der Waals surface area contributed by atoms with E-state index in [-0.39, 0.29) is 5.69 Å². The van der Waals surface area contributed by atoms with Gasteiger partial charge in [-0.05, 0) is 40.2 Å². The lowest BCUT2D eigenvalue weighted by Crippen LogP contribution is -2.14. The largest absolute Gasteiger partial charge is 0.318 e. The van der Waals surface area contributed by atoms with Crippen molar-refractivity contribution in [2.24, 2.45) is 0 Å². The summed E-state index contributed by atoms with van der Waals surface area (Å²) in [6.45, 7) is 0. The summed E-state index contributed by atoms with van der Waals surface area (Å²) >= 11 is 3.21. The molecule has 1 aromatic carbocycles. The Labute approximate surface area is 110 Å². The smallest absolute Gasteiger partial charge is 0.256 e. The summed E-state index contributed by atoms with van der Waals surface area (Å²) in [5.41, 5.74) is 0.179. The molecule has 18 heavy (non-hydrogen) atoms. The van der Waals surface area contributed by atoms with E-state index in [1.54, 1.807) is 24.3 Å². The predicted molar refractivity (Wildman–Crippen MR) is 66.2 cm³/mol. The quantitative estimate of drug-likeness (QED) is 0.864. The minimum absolute atomic E-state index is 0.169. The van der Waals surface area contributed by atoms with Crippen LogP contribution >= 0.6 is 15.9 Å². The highest BCUT2D eigenvalue weighted by Gasteiger charge is 2.12. The van der Waals surface area contributed by atoms with E-state index in [4.69, 9.17) is 0 Å². The molecule has 1 heterocycles. The Morgan fingerprint density at radius 1 is 1.17 bits per heavy atom. The first-order chi connectivity index (χ1) is 8.58. The van der Waals surface area contributed by atoms with Gasteiger partial charge in [0.2, 0.25) is 11.9 Å². The molecule has 1 aromatic heterocycles. The van der Waals surface area contributed by atoms with Gasteiger partial charge in [0, 0.05) is 4.47 Å². The lowest BCUT2D eigenvalue weighted by atomic mass is 10.2. The van der Waals surface area contributed by atoms with Crippen LogP contribution in [0, 0.1) is 11.9 Å². The van der Waals surface area contributed by atoms with Gasteiger partial charge >= 0.3 is 0 Å². The third-order valence-electron chi connectivity index (χ3n) is 2.18. The van der Waals surface area contributed by atoms with Gasteiger partial charge in [-0.25, -0.2) is 0 Å². The summed E-state index contributed by atoms with van der Waals surface area (Å²) in [7, 11) is 0. The summed E-state index contributed by atoms with van der Waals surface area (Å²) in [5.74, 6) is -2.50. The van der Waals surface area contributed by atoms with Crippen molar-refractivity contribution in [1.82, 2.24) is 4.98 Å². The molecule has 0 fully saturated rings. The minimum atomic E-state index is -1.06. The molecule has 0 aliphatic carbocycles. The Kier molecular flexibility index (Phi) is 3.66. The van der Waals surface area contributed by atoms with Crippen molar-refractivity contribution < 1.29 is 13.6 Å². The Hall–Kier alpha value is -1.82. The highest BCUT2D eigenvalue weighted by atomic mass is 79.9. The number of carbonyl (C=O) groups is 1. The van der Waals surface area contributed by atoms with Crippen LogP contribution in [0.3, 0.4) is 0 Å². The van der Waals surface area contributed by atoms with Crippen LogP contribution in [0.4, 0.5) is 14.5 Å². The number of nitrogens with one attached hydrogen (secondary N) is 1. The lowest BCUT2D eigenvalue weighted by Gasteiger charge is -2.07. The van der Waals surface area contributed by atoms with E-state index in [2.05, 4.69) is 26.2 Å². The molecule has 0 radical (unpaired) electrons. The molecule has 2 aromatic rings. The van der Waals surface area contributed by atoms with Crippen molar-refractivity contribution in [1.29, 1.82) is 0 Å². The van der Waals surface area contributed by atoms with Crippen LogP contribution in [0.5, 0.6) is 0 Å². The number of hydrogen-bond donors (Lipinski definition) is 1. The molecular formula is C12H7BrF2N2O. The van der Waals surface area contributed by atoms with E-state index in [0.717, 1.165) is 12.1 Å². The normalized spacial score (nSPS) is 10.2. The number of benzene rings is 1. The van der Waals surface area contributed by atoms with Crippen LogP contribution in [0.2, 0.25) is 0 Å². The topological polar surface area (TPSA) is 42.0 Å². The minimum Gasteiger partial charge on any atom is -0.318 e. The maximum Gasteiger partial charge on any atom is 0.256 e. The van der Waals surface area contributed by atoms with Gasteiger partial charge < -0.3 is 5.32 Å². The molecule has 0 aliphatic rings. The first kappa shape index (κ1) is 12.6. The molecule has 1 amide bonds. The first-order valence-corrected chi connectivity index (χ1v) is 5.75. The van der Waals surface area contributed by atoms with E-state index in [1.807, 2.05) is 0 Å². The van der Waals surface area contributed by atoms with E-state index >= 15 is 0 Å². The Morgan fingerprint density at radius 3 is 2.56 bits per heavy atom. The van der Waals surface area contributed by atoms with Crippen LogP contribution in [-0.4, -0.2) is 10.9 Å². The standard InChI is InChI=1S/C12H7BrF2N2O/c13-8-4-2-1-3-7(8)12(18)16-9-5-6-10(14)17-11(9)15/h1-6H,(H,16,18). The van der Waals surface area contributed by atoms with E-state index in [1.165, 1.54) is 0 Å². The summed E-state index contributed by atoms with van der Waals surface area (Å²) < 4.78 is 26.4. The molecular weight excluding hydrogens is 306 g/mol. The molecule has 0 bridgehead atoms. The second kappa shape index (κ2) is 5.22. The fourth-order valence-electron chi connectivity index (χ4n) is 1.34. The molecule has 0 atom stereocenters. The summed E-state index contributed by atoms with van der Waals surface area (Å²) in [4.78, 5) is 14.8. The summed E-state index contributed by atoms with van der Waals surface area (Å²) in [6, 6.07) is 8.79. The fourth-order valence-corrected chi connectivity index (χ4v) is 1.81. The van der Waals surface area contributed by atoms with Gasteiger partial charge in [0.05, 0.1) is 11.3 Å². The molecule has 0 saturated heterocycles. The zero-order chi connectivity index (χ0) is 13.1. The second-order valence-corrected chi connectivity index (χ2v) is 4.26. The number of amides is 1.